The zero-order chi connectivity index (χ0) is 24.2. The van der Waals surface area contributed by atoms with Crippen molar-refractivity contribution in [2.45, 2.75) is 29.1 Å². The third-order valence-electron chi connectivity index (χ3n) is 4.68. The largest absolute Gasteiger partial charge is 0.477 e. The van der Waals surface area contributed by atoms with Crippen molar-refractivity contribution in [1.29, 1.82) is 0 Å². The summed E-state index contributed by atoms with van der Waals surface area (Å²) >= 11 is 5.25. The summed E-state index contributed by atoms with van der Waals surface area (Å²) in [6.07, 6.45) is 0.691. The molecule has 1 fully saturated rings. The number of carboxylic acid groups (broad SMARTS) is 1. The Morgan fingerprint density at radius 3 is 2.91 bits per heavy atom. The number of fused-ring (bicyclic) bond motifs is 1. The number of thiazole rings is 1. The van der Waals surface area contributed by atoms with Crippen LogP contribution in [-0.4, -0.2) is 78.2 Å². The molecule has 2 atom stereocenters. The normalized spacial score (nSPS) is 20.1. The summed E-state index contributed by atoms with van der Waals surface area (Å²) in [5.41, 5.74) is 7.97. The Labute approximate surface area is 210 Å². The van der Waals surface area contributed by atoms with Gasteiger partial charge in [0, 0.05) is 16.9 Å². The zero-order valence-corrected chi connectivity index (χ0v) is 20.9. The molecule has 1 unspecified atom stereocenters. The van der Waals surface area contributed by atoms with E-state index in [9.17, 15) is 19.5 Å². The van der Waals surface area contributed by atoms with E-state index in [0.717, 1.165) is 11.3 Å². The van der Waals surface area contributed by atoms with Crippen molar-refractivity contribution in [1.82, 2.24) is 25.4 Å². The van der Waals surface area contributed by atoms with Crippen LogP contribution in [0.15, 0.2) is 31.7 Å². The van der Waals surface area contributed by atoms with Gasteiger partial charge in [0.25, 0.3) is 11.8 Å². The summed E-state index contributed by atoms with van der Waals surface area (Å²) in [6, 6.07) is -0.906. The first-order chi connectivity index (χ1) is 16.4. The molecule has 4 heterocycles. The van der Waals surface area contributed by atoms with Gasteiger partial charge < -0.3 is 21.0 Å². The number of aromatic nitrogens is 3. The van der Waals surface area contributed by atoms with Crippen LogP contribution in [-0.2, 0) is 19.2 Å². The number of amides is 2. The summed E-state index contributed by atoms with van der Waals surface area (Å²) in [4.78, 5) is 48.3. The number of nitrogens with one attached hydrogen (secondary N) is 1. The highest BCUT2D eigenvalue weighted by Crippen LogP contribution is 2.41. The van der Waals surface area contributed by atoms with Gasteiger partial charge in [-0.15, -0.1) is 33.3 Å². The summed E-state index contributed by atoms with van der Waals surface area (Å²) in [5, 5.41) is 25.3. The second kappa shape index (κ2) is 10.7. The number of anilines is 1. The molecule has 0 spiro atoms. The molecule has 0 aliphatic carbocycles. The topological polar surface area (TPSA) is 173 Å². The van der Waals surface area contributed by atoms with Crippen LogP contribution in [0.2, 0.25) is 0 Å². The molecule has 2 aromatic rings. The number of carbonyl (C=O) groups excluding carboxylic acids is 2. The summed E-state index contributed by atoms with van der Waals surface area (Å²) in [7, 11) is 0. The fourth-order valence-electron chi connectivity index (χ4n) is 3.18. The van der Waals surface area contributed by atoms with Crippen molar-refractivity contribution in [3.63, 3.8) is 0 Å². The standard InChI is InChI=1S/C18H19N7O5S4/c1-2-3-30-24-10(9-6-32-17(19)21-9)13(26)22-11-14(27)25-12(16(28)29)8(4-31-15(11)25)5-33-18-23-20-7-34-18/h6-7,11,15H,2-5H2,1H3,(H2,19,21)(H,22,26)(H,28,29)/t11?,15-/m1/s1. The second-order valence-electron chi connectivity index (χ2n) is 6.96. The lowest BCUT2D eigenvalue weighted by Gasteiger charge is -2.49. The number of β-lactam (4-membered cyclic amide) rings is 1. The summed E-state index contributed by atoms with van der Waals surface area (Å²) in [6.45, 7) is 2.20. The number of aliphatic carboxylic acids is 1. The molecule has 16 heteroatoms. The van der Waals surface area contributed by atoms with Crippen LogP contribution in [0, 0.1) is 0 Å². The Morgan fingerprint density at radius 1 is 1.44 bits per heavy atom. The van der Waals surface area contributed by atoms with Crippen LogP contribution >= 0.6 is 46.2 Å². The highest BCUT2D eigenvalue weighted by atomic mass is 32.2. The minimum atomic E-state index is -1.19. The van der Waals surface area contributed by atoms with E-state index in [1.807, 2.05) is 6.92 Å². The van der Waals surface area contributed by atoms with Crippen LogP contribution in [0.25, 0.3) is 0 Å². The molecule has 0 radical (unpaired) electrons. The number of carboxylic acids is 1. The van der Waals surface area contributed by atoms with Gasteiger partial charge in [-0.05, 0) is 12.0 Å². The van der Waals surface area contributed by atoms with Gasteiger partial charge in [-0.25, -0.2) is 9.78 Å². The maximum absolute atomic E-state index is 13.0. The highest BCUT2D eigenvalue weighted by Gasteiger charge is 2.54. The van der Waals surface area contributed by atoms with E-state index in [1.54, 1.807) is 10.9 Å². The van der Waals surface area contributed by atoms with Crippen molar-refractivity contribution in [2.75, 3.05) is 23.8 Å². The first-order valence-electron chi connectivity index (χ1n) is 9.91. The molecule has 12 nitrogen and oxygen atoms in total. The minimum Gasteiger partial charge on any atom is -0.477 e. The van der Waals surface area contributed by atoms with Gasteiger partial charge in [-0.2, -0.15) is 0 Å². The van der Waals surface area contributed by atoms with E-state index in [4.69, 9.17) is 10.6 Å². The molecule has 0 saturated carbocycles. The van der Waals surface area contributed by atoms with Crippen molar-refractivity contribution in [3.05, 3.63) is 27.9 Å². The molecule has 2 aliphatic heterocycles. The van der Waals surface area contributed by atoms with Crippen molar-refractivity contribution < 1.29 is 24.3 Å². The third kappa shape index (κ3) is 5.03. The lowest BCUT2D eigenvalue weighted by Crippen LogP contribution is -2.71. The third-order valence-corrected chi connectivity index (χ3v) is 8.64. The number of rotatable bonds is 10. The predicted octanol–water partition coefficient (Wildman–Crippen LogP) is 1.24. The molecule has 4 N–H and O–H groups in total. The van der Waals surface area contributed by atoms with E-state index < -0.39 is 29.2 Å². The minimum absolute atomic E-state index is 0.0521. The fraction of sp³-hybridized carbons (Fsp3) is 0.389. The first kappa shape index (κ1) is 24.4. The molecule has 180 valence electrons. The summed E-state index contributed by atoms with van der Waals surface area (Å²) < 4.78 is 0.712. The molecule has 34 heavy (non-hydrogen) atoms. The van der Waals surface area contributed by atoms with E-state index in [1.165, 1.54) is 39.8 Å². The maximum atomic E-state index is 13.0. The van der Waals surface area contributed by atoms with Crippen molar-refractivity contribution in [3.8, 4) is 0 Å². The van der Waals surface area contributed by atoms with Crippen LogP contribution in [0.1, 0.15) is 19.0 Å². The average molecular weight is 542 g/mol. The quantitative estimate of drug-likeness (QED) is 0.130. The Balaban J connectivity index is 1.49. The number of thioether (sulfide) groups is 2. The van der Waals surface area contributed by atoms with E-state index in [-0.39, 0.29) is 22.2 Å². The maximum Gasteiger partial charge on any atom is 0.352 e. The van der Waals surface area contributed by atoms with Crippen LogP contribution in [0.5, 0.6) is 0 Å². The fourth-order valence-corrected chi connectivity index (χ4v) is 6.70. The number of nitrogen functional groups attached to an aromatic ring is 1. The Kier molecular flexibility index (Phi) is 7.70. The van der Waals surface area contributed by atoms with Gasteiger partial charge in [0.1, 0.15) is 34.9 Å². The van der Waals surface area contributed by atoms with Crippen LogP contribution < -0.4 is 11.1 Å². The van der Waals surface area contributed by atoms with Gasteiger partial charge in [0.05, 0.1) is 0 Å². The van der Waals surface area contributed by atoms with Crippen molar-refractivity contribution >= 4 is 74.8 Å². The van der Waals surface area contributed by atoms with Crippen LogP contribution in [0.4, 0.5) is 5.13 Å². The molecule has 2 aromatic heterocycles. The molecule has 2 aliphatic rings. The van der Waals surface area contributed by atoms with Crippen LogP contribution in [0.3, 0.4) is 0 Å². The Hall–Kier alpha value is -2.69. The second-order valence-corrected chi connectivity index (χ2v) is 11.0. The first-order valence-corrected chi connectivity index (χ1v) is 13.7. The molecule has 0 bridgehead atoms. The number of hydrogen-bond donors (Lipinski definition) is 3. The highest BCUT2D eigenvalue weighted by molar-refractivity contribution is 8.01. The molecule has 0 aromatic carbocycles. The number of nitrogens with two attached hydrogens (primary N) is 1. The lowest BCUT2D eigenvalue weighted by atomic mass is 10.0. The van der Waals surface area contributed by atoms with Crippen molar-refractivity contribution in [2.24, 2.45) is 5.16 Å². The Bertz CT molecular complexity index is 1150. The van der Waals surface area contributed by atoms with Gasteiger partial charge in [-0.3, -0.25) is 14.5 Å². The van der Waals surface area contributed by atoms with E-state index in [0.29, 0.717) is 34.4 Å². The molecular formula is C18H19N7O5S4. The number of nitrogens with zero attached hydrogens (tertiary/aromatic N) is 5. The Morgan fingerprint density at radius 2 is 2.26 bits per heavy atom. The molecule has 1 saturated heterocycles. The van der Waals surface area contributed by atoms with E-state index >= 15 is 0 Å². The molecular weight excluding hydrogens is 523 g/mol. The van der Waals surface area contributed by atoms with Gasteiger partial charge >= 0.3 is 5.97 Å². The van der Waals surface area contributed by atoms with Gasteiger partial charge in [0.15, 0.2) is 15.2 Å². The number of hydrogen-bond acceptors (Lipinski definition) is 13. The van der Waals surface area contributed by atoms with Gasteiger partial charge in [-0.1, -0.05) is 35.2 Å². The molecule has 2 amide bonds. The van der Waals surface area contributed by atoms with E-state index in [2.05, 4.69) is 25.7 Å². The predicted molar refractivity (Wildman–Crippen MR) is 130 cm³/mol. The zero-order valence-electron chi connectivity index (χ0n) is 17.7. The smallest absolute Gasteiger partial charge is 0.352 e. The average Bonchev–Trinajstić information content (AvgIpc) is 3.49. The van der Waals surface area contributed by atoms with Gasteiger partial charge in [0.2, 0.25) is 0 Å². The molecule has 4 rings (SSSR count). The number of carbonyl (C=O) groups is 3. The SMILES string of the molecule is CCCON=C(C(=O)NC1C(=O)N2C(C(=O)O)=C(CSc3nncs3)CS[C@H]12)c1csc(N)n1. The monoisotopic (exact) mass is 541 g/mol. The number of oxime groups is 1. The lowest BCUT2D eigenvalue weighted by molar-refractivity contribution is -0.150. The summed E-state index contributed by atoms with van der Waals surface area (Å²) in [5.74, 6) is -1.58.